The van der Waals surface area contributed by atoms with Crippen LogP contribution in [0, 0.1) is 5.92 Å². The van der Waals surface area contributed by atoms with Crippen LogP contribution in [-0.4, -0.2) is 28.8 Å². The Labute approximate surface area is 107 Å². The van der Waals surface area contributed by atoms with Gasteiger partial charge in [0.25, 0.3) is 5.91 Å². The molecule has 0 saturated heterocycles. The average Bonchev–Trinajstić information content (AvgIpc) is 2.28. The van der Waals surface area contributed by atoms with Crippen molar-refractivity contribution in [1.82, 2.24) is 5.32 Å². The SMILES string of the molecule is CC(C)CC(O)CNC(=O)c1cc(O)ccc1N. The van der Waals surface area contributed by atoms with E-state index in [0.717, 1.165) is 0 Å². The van der Waals surface area contributed by atoms with Gasteiger partial charge in [-0.3, -0.25) is 4.79 Å². The molecule has 0 aliphatic heterocycles. The zero-order valence-electron chi connectivity index (χ0n) is 10.7. The lowest BCUT2D eigenvalue weighted by molar-refractivity contribution is 0.0901. The van der Waals surface area contributed by atoms with E-state index < -0.39 is 12.0 Å². The Morgan fingerprint density at radius 1 is 1.44 bits per heavy atom. The van der Waals surface area contributed by atoms with Crippen LogP contribution in [-0.2, 0) is 0 Å². The summed E-state index contributed by atoms with van der Waals surface area (Å²) in [7, 11) is 0. The molecule has 5 nitrogen and oxygen atoms in total. The molecular formula is C13H20N2O3. The lowest BCUT2D eigenvalue weighted by Crippen LogP contribution is -2.33. The van der Waals surface area contributed by atoms with Crippen LogP contribution in [0.2, 0.25) is 0 Å². The largest absolute Gasteiger partial charge is 0.508 e. The van der Waals surface area contributed by atoms with Crippen molar-refractivity contribution in [2.75, 3.05) is 12.3 Å². The van der Waals surface area contributed by atoms with Crippen molar-refractivity contribution in [2.24, 2.45) is 5.92 Å². The smallest absolute Gasteiger partial charge is 0.253 e. The molecule has 0 fully saturated rings. The molecule has 5 heteroatoms. The van der Waals surface area contributed by atoms with Crippen LogP contribution in [0.1, 0.15) is 30.6 Å². The molecule has 0 bridgehead atoms. The molecule has 0 aromatic heterocycles. The molecule has 1 aromatic carbocycles. The van der Waals surface area contributed by atoms with E-state index in [2.05, 4.69) is 5.32 Å². The monoisotopic (exact) mass is 252 g/mol. The Morgan fingerprint density at radius 2 is 2.11 bits per heavy atom. The molecular weight excluding hydrogens is 232 g/mol. The highest BCUT2D eigenvalue weighted by Gasteiger charge is 2.13. The number of hydrogen-bond donors (Lipinski definition) is 4. The number of amides is 1. The minimum absolute atomic E-state index is 0.0166. The number of nitrogen functional groups attached to an aromatic ring is 1. The van der Waals surface area contributed by atoms with E-state index in [9.17, 15) is 15.0 Å². The van der Waals surface area contributed by atoms with Crippen LogP contribution in [0.5, 0.6) is 5.75 Å². The van der Waals surface area contributed by atoms with Crippen molar-refractivity contribution in [3.8, 4) is 5.75 Å². The predicted molar refractivity (Wildman–Crippen MR) is 70.3 cm³/mol. The van der Waals surface area contributed by atoms with Crippen molar-refractivity contribution < 1.29 is 15.0 Å². The topological polar surface area (TPSA) is 95.6 Å². The third-order valence-corrected chi connectivity index (χ3v) is 2.52. The zero-order valence-corrected chi connectivity index (χ0v) is 10.7. The first-order chi connectivity index (χ1) is 8.40. The van der Waals surface area contributed by atoms with Crippen LogP contribution in [0.4, 0.5) is 5.69 Å². The normalized spacial score (nSPS) is 12.4. The first-order valence-electron chi connectivity index (χ1n) is 5.95. The highest BCUT2D eigenvalue weighted by Crippen LogP contribution is 2.18. The number of aliphatic hydroxyl groups is 1. The molecule has 1 aromatic rings. The molecule has 0 heterocycles. The number of hydrogen-bond acceptors (Lipinski definition) is 4. The molecule has 5 N–H and O–H groups in total. The van der Waals surface area contributed by atoms with Gasteiger partial charge in [0, 0.05) is 12.2 Å². The Morgan fingerprint density at radius 3 is 2.72 bits per heavy atom. The van der Waals surface area contributed by atoms with Gasteiger partial charge in [-0.25, -0.2) is 0 Å². The number of rotatable bonds is 5. The predicted octanol–water partition coefficient (Wildman–Crippen LogP) is 1.11. The maximum Gasteiger partial charge on any atom is 0.253 e. The average molecular weight is 252 g/mol. The molecule has 100 valence electrons. The standard InChI is InChI=1S/C13H20N2O3/c1-8(2)5-10(17)7-15-13(18)11-6-9(16)3-4-12(11)14/h3-4,6,8,10,16-17H,5,7,14H2,1-2H3,(H,15,18). The first-order valence-corrected chi connectivity index (χ1v) is 5.95. The second-order valence-corrected chi connectivity index (χ2v) is 4.76. The number of benzene rings is 1. The van der Waals surface area contributed by atoms with Gasteiger partial charge in [0.2, 0.25) is 0 Å². The number of carbonyl (C=O) groups is 1. The fourth-order valence-corrected chi connectivity index (χ4v) is 1.67. The number of aliphatic hydroxyl groups excluding tert-OH is 1. The summed E-state index contributed by atoms with van der Waals surface area (Å²) in [5.41, 5.74) is 6.15. The molecule has 0 radical (unpaired) electrons. The molecule has 18 heavy (non-hydrogen) atoms. The van der Waals surface area contributed by atoms with E-state index in [-0.39, 0.29) is 17.9 Å². The van der Waals surface area contributed by atoms with Gasteiger partial charge in [-0.1, -0.05) is 13.8 Å². The van der Waals surface area contributed by atoms with Crippen molar-refractivity contribution >= 4 is 11.6 Å². The number of anilines is 1. The van der Waals surface area contributed by atoms with Crippen molar-refractivity contribution in [3.63, 3.8) is 0 Å². The molecule has 1 atom stereocenters. The van der Waals surface area contributed by atoms with E-state index in [0.29, 0.717) is 18.0 Å². The fraction of sp³-hybridized carbons (Fsp3) is 0.462. The molecule has 1 unspecified atom stereocenters. The lowest BCUT2D eigenvalue weighted by Gasteiger charge is -2.14. The van der Waals surface area contributed by atoms with Gasteiger partial charge in [-0.05, 0) is 30.5 Å². The maximum absolute atomic E-state index is 11.8. The summed E-state index contributed by atoms with van der Waals surface area (Å²) in [5, 5.41) is 21.5. The Hall–Kier alpha value is -1.75. The number of carbonyl (C=O) groups excluding carboxylic acids is 1. The van der Waals surface area contributed by atoms with Crippen molar-refractivity contribution in [1.29, 1.82) is 0 Å². The van der Waals surface area contributed by atoms with Crippen LogP contribution in [0.3, 0.4) is 0 Å². The molecule has 0 saturated carbocycles. The Kier molecular flexibility index (Phi) is 4.97. The van der Waals surface area contributed by atoms with E-state index in [1.54, 1.807) is 0 Å². The molecule has 0 aliphatic carbocycles. The van der Waals surface area contributed by atoms with Crippen LogP contribution in [0.25, 0.3) is 0 Å². The van der Waals surface area contributed by atoms with E-state index in [1.807, 2.05) is 13.8 Å². The van der Waals surface area contributed by atoms with E-state index in [4.69, 9.17) is 5.73 Å². The lowest BCUT2D eigenvalue weighted by atomic mass is 10.1. The summed E-state index contributed by atoms with van der Waals surface area (Å²) in [6, 6.07) is 4.19. The number of phenols is 1. The van der Waals surface area contributed by atoms with Crippen molar-refractivity contribution in [2.45, 2.75) is 26.4 Å². The Bertz CT molecular complexity index is 419. The van der Waals surface area contributed by atoms with Gasteiger partial charge < -0.3 is 21.3 Å². The summed E-state index contributed by atoms with van der Waals surface area (Å²) in [4.78, 5) is 11.8. The Balaban J connectivity index is 2.58. The van der Waals surface area contributed by atoms with Crippen LogP contribution >= 0.6 is 0 Å². The third kappa shape index (κ3) is 4.25. The van der Waals surface area contributed by atoms with Gasteiger partial charge >= 0.3 is 0 Å². The third-order valence-electron chi connectivity index (χ3n) is 2.52. The van der Waals surface area contributed by atoms with Gasteiger partial charge in [-0.15, -0.1) is 0 Å². The minimum atomic E-state index is -0.576. The second kappa shape index (κ2) is 6.26. The zero-order chi connectivity index (χ0) is 13.7. The van der Waals surface area contributed by atoms with Gasteiger partial charge in [-0.2, -0.15) is 0 Å². The maximum atomic E-state index is 11.8. The summed E-state index contributed by atoms with van der Waals surface area (Å²) >= 11 is 0. The minimum Gasteiger partial charge on any atom is -0.508 e. The van der Waals surface area contributed by atoms with Gasteiger partial charge in [0.15, 0.2) is 0 Å². The van der Waals surface area contributed by atoms with Crippen LogP contribution < -0.4 is 11.1 Å². The second-order valence-electron chi connectivity index (χ2n) is 4.76. The molecule has 1 amide bonds. The molecule has 1 rings (SSSR count). The summed E-state index contributed by atoms with van der Waals surface area (Å²) in [6.07, 6.45) is 0.0444. The fourth-order valence-electron chi connectivity index (χ4n) is 1.67. The van der Waals surface area contributed by atoms with Crippen LogP contribution in [0.15, 0.2) is 18.2 Å². The van der Waals surface area contributed by atoms with E-state index >= 15 is 0 Å². The first kappa shape index (κ1) is 14.3. The highest BCUT2D eigenvalue weighted by atomic mass is 16.3. The van der Waals surface area contributed by atoms with Crippen molar-refractivity contribution in [3.05, 3.63) is 23.8 Å². The summed E-state index contributed by atoms with van der Waals surface area (Å²) in [5.74, 6) is -0.0500. The number of nitrogens with one attached hydrogen (secondary N) is 1. The van der Waals surface area contributed by atoms with Gasteiger partial charge in [0.05, 0.1) is 11.7 Å². The molecule has 0 aliphatic rings. The highest BCUT2D eigenvalue weighted by molar-refractivity contribution is 5.99. The quantitative estimate of drug-likeness (QED) is 0.466. The number of nitrogens with two attached hydrogens (primary N) is 1. The summed E-state index contributed by atoms with van der Waals surface area (Å²) < 4.78 is 0. The number of phenolic OH excluding ortho intramolecular Hbond substituents is 1. The number of aromatic hydroxyl groups is 1. The van der Waals surface area contributed by atoms with E-state index in [1.165, 1.54) is 18.2 Å². The van der Waals surface area contributed by atoms with Gasteiger partial charge in [0.1, 0.15) is 5.75 Å². The summed E-state index contributed by atoms with van der Waals surface area (Å²) in [6.45, 7) is 4.17. The molecule has 0 spiro atoms.